The van der Waals surface area contributed by atoms with E-state index in [4.69, 9.17) is 0 Å². The molecule has 0 atom stereocenters. The van der Waals surface area contributed by atoms with Crippen LogP contribution < -0.4 is 10.2 Å². The van der Waals surface area contributed by atoms with Crippen LogP contribution in [0.4, 0.5) is 5.13 Å². The maximum atomic E-state index is 4.06. The van der Waals surface area contributed by atoms with E-state index in [9.17, 15) is 0 Å². The fourth-order valence-electron chi connectivity index (χ4n) is 1.86. The molecule has 1 N–H and O–H groups in total. The molecule has 1 aromatic heterocycles. The van der Waals surface area contributed by atoms with Gasteiger partial charge in [-0.2, -0.15) is 0 Å². The molecule has 4 nitrogen and oxygen atoms in total. The van der Waals surface area contributed by atoms with Crippen LogP contribution in [0.25, 0.3) is 0 Å². The summed E-state index contributed by atoms with van der Waals surface area (Å²) in [6, 6.07) is 0. The van der Waals surface area contributed by atoms with E-state index in [0.717, 1.165) is 30.7 Å². The van der Waals surface area contributed by atoms with Crippen molar-refractivity contribution in [1.29, 1.82) is 0 Å². The fraction of sp³-hybridized carbons (Fsp3) is 0.778. The van der Waals surface area contributed by atoms with Gasteiger partial charge in [0.05, 0.1) is 0 Å². The third-order valence-corrected chi connectivity index (χ3v) is 3.47. The molecule has 0 unspecified atom stereocenters. The average molecular weight is 212 g/mol. The van der Waals surface area contributed by atoms with Crippen molar-refractivity contribution in [2.75, 3.05) is 31.6 Å². The number of piperidine rings is 1. The van der Waals surface area contributed by atoms with Gasteiger partial charge in [-0.1, -0.05) is 11.3 Å². The zero-order valence-corrected chi connectivity index (χ0v) is 9.26. The Morgan fingerprint density at radius 3 is 3.00 bits per heavy atom. The molecule has 0 aliphatic carbocycles. The molecule has 0 spiro atoms. The molecule has 1 aliphatic rings. The number of rotatable bonds is 3. The third-order valence-electron chi connectivity index (χ3n) is 2.67. The van der Waals surface area contributed by atoms with Crippen molar-refractivity contribution in [1.82, 2.24) is 15.5 Å². The van der Waals surface area contributed by atoms with Crippen LogP contribution in [-0.2, 0) is 0 Å². The molecular formula is C9H16N4S. The highest BCUT2D eigenvalue weighted by atomic mass is 32.1. The topological polar surface area (TPSA) is 41.0 Å². The molecule has 2 heterocycles. The van der Waals surface area contributed by atoms with Crippen LogP contribution in [0.2, 0.25) is 0 Å². The first-order chi connectivity index (χ1) is 6.86. The van der Waals surface area contributed by atoms with E-state index in [-0.39, 0.29) is 0 Å². The molecule has 0 amide bonds. The Labute approximate surface area is 88.3 Å². The number of nitrogens with zero attached hydrogens (tertiary/aromatic N) is 3. The molecule has 1 aromatic rings. The predicted octanol–water partition coefficient (Wildman–Crippen LogP) is 0.974. The van der Waals surface area contributed by atoms with Crippen LogP contribution in [0.3, 0.4) is 0 Å². The molecule has 2 rings (SSSR count). The lowest BCUT2D eigenvalue weighted by Crippen LogP contribution is -2.34. The van der Waals surface area contributed by atoms with Gasteiger partial charge in [0.15, 0.2) is 0 Å². The first-order valence-electron chi connectivity index (χ1n) is 5.04. The first-order valence-corrected chi connectivity index (χ1v) is 5.92. The van der Waals surface area contributed by atoms with E-state index in [0.29, 0.717) is 0 Å². The minimum Gasteiger partial charge on any atom is -0.349 e. The van der Waals surface area contributed by atoms with Gasteiger partial charge >= 0.3 is 0 Å². The molecule has 14 heavy (non-hydrogen) atoms. The van der Waals surface area contributed by atoms with Crippen molar-refractivity contribution >= 4 is 16.5 Å². The molecule has 1 saturated heterocycles. The lowest BCUT2D eigenvalue weighted by molar-refractivity contribution is 0.377. The van der Waals surface area contributed by atoms with E-state index in [1.165, 1.54) is 12.8 Å². The summed E-state index contributed by atoms with van der Waals surface area (Å²) in [6.07, 6.45) is 2.56. The average Bonchev–Trinajstić information content (AvgIpc) is 2.72. The van der Waals surface area contributed by atoms with E-state index < -0.39 is 0 Å². The van der Waals surface area contributed by atoms with E-state index in [1.807, 2.05) is 0 Å². The molecule has 78 valence electrons. The lowest BCUT2D eigenvalue weighted by Gasteiger charge is -2.26. The van der Waals surface area contributed by atoms with Crippen LogP contribution in [-0.4, -0.2) is 36.9 Å². The lowest BCUT2D eigenvalue weighted by atomic mass is 9.98. The van der Waals surface area contributed by atoms with E-state index in [2.05, 4.69) is 27.5 Å². The summed E-state index contributed by atoms with van der Waals surface area (Å²) in [5, 5.41) is 12.3. The highest BCUT2D eigenvalue weighted by Gasteiger charge is 2.16. The standard InChI is InChI=1S/C9H16N4S/c1-13(9-12-11-7-14-9)6-8-2-4-10-5-3-8/h7-8,10H,2-6H2,1H3. The Morgan fingerprint density at radius 2 is 2.36 bits per heavy atom. The minimum atomic E-state index is 0.810. The summed E-state index contributed by atoms with van der Waals surface area (Å²) in [4.78, 5) is 2.22. The summed E-state index contributed by atoms with van der Waals surface area (Å²) < 4.78 is 0. The van der Waals surface area contributed by atoms with Gasteiger partial charge in [0.2, 0.25) is 5.13 Å². The Bertz CT molecular complexity index is 256. The second-order valence-electron chi connectivity index (χ2n) is 3.80. The van der Waals surface area contributed by atoms with E-state index in [1.54, 1.807) is 16.8 Å². The highest BCUT2D eigenvalue weighted by molar-refractivity contribution is 7.13. The van der Waals surface area contributed by atoms with Crippen LogP contribution >= 0.6 is 11.3 Å². The zero-order valence-electron chi connectivity index (χ0n) is 8.44. The monoisotopic (exact) mass is 212 g/mol. The van der Waals surface area contributed by atoms with Crippen molar-refractivity contribution in [2.24, 2.45) is 5.92 Å². The summed E-state index contributed by atoms with van der Waals surface area (Å²) in [6.45, 7) is 3.43. The third kappa shape index (κ3) is 2.42. The van der Waals surface area contributed by atoms with E-state index >= 15 is 0 Å². The number of nitrogens with one attached hydrogen (secondary N) is 1. The van der Waals surface area contributed by atoms with Crippen molar-refractivity contribution in [3.05, 3.63) is 5.51 Å². The van der Waals surface area contributed by atoms with Gasteiger partial charge in [0.25, 0.3) is 0 Å². The van der Waals surface area contributed by atoms with Crippen LogP contribution in [0, 0.1) is 5.92 Å². The van der Waals surface area contributed by atoms with Gasteiger partial charge in [-0.15, -0.1) is 10.2 Å². The Hall–Kier alpha value is -0.680. The largest absolute Gasteiger partial charge is 0.349 e. The van der Waals surface area contributed by atoms with Gasteiger partial charge in [-0.3, -0.25) is 0 Å². The Balaban J connectivity index is 1.84. The minimum absolute atomic E-state index is 0.810. The SMILES string of the molecule is CN(CC1CCNCC1)c1nncs1. The maximum absolute atomic E-state index is 4.06. The molecule has 1 aliphatic heterocycles. The number of hydrogen-bond acceptors (Lipinski definition) is 5. The van der Waals surface area contributed by atoms with Gasteiger partial charge in [-0.25, -0.2) is 0 Å². The smallest absolute Gasteiger partial charge is 0.207 e. The quantitative estimate of drug-likeness (QED) is 0.810. The molecule has 0 radical (unpaired) electrons. The molecule has 1 fully saturated rings. The summed E-state index contributed by atoms with van der Waals surface area (Å²) in [7, 11) is 2.10. The number of hydrogen-bond donors (Lipinski definition) is 1. The number of anilines is 1. The Kier molecular flexibility index (Phi) is 3.31. The summed E-state index contributed by atoms with van der Waals surface area (Å²) >= 11 is 1.61. The highest BCUT2D eigenvalue weighted by Crippen LogP contribution is 2.18. The summed E-state index contributed by atoms with van der Waals surface area (Å²) in [5.41, 5.74) is 1.79. The fourth-order valence-corrected chi connectivity index (χ4v) is 2.40. The molecule has 5 heteroatoms. The van der Waals surface area contributed by atoms with Crippen LogP contribution in [0.1, 0.15) is 12.8 Å². The predicted molar refractivity (Wildman–Crippen MR) is 58.8 cm³/mol. The van der Waals surface area contributed by atoms with Crippen LogP contribution in [0.15, 0.2) is 5.51 Å². The van der Waals surface area contributed by atoms with Gasteiger partial charge in [0.1, 0.15) is 5.51 Å². The van der Waals surface area contributed by atoms with Crippen molar-refractivity contribution in [3.8, 4) is 0 Å². The second kappa shape index (κ2) is 4.70. The molecule has 0 aromatic carbocycles. The Morgan fingerprint density at radius 1 is 1.57 bits per heavy atom. The van der Waals surface area contributed by atoms with Gasteiger partial charge < -0.3 is 10.2 Å². The zero-order chi connectivity index (χ0) is 9.80. The van der Waals surface area contributed by atoms with Gasteiger partial charge in [-0.05, 0) is 31.8 Å². The second-order valence-corrected chi connectivity index (χ2v) is 4.61. The van der Waals surface area contributed by atoms with Crippen molar-refractivity contribution in [2.45, 2.75) is 12.8 Å². The summed E-state index contributed by atoms with van der Waals surface area (Å²) in [5.74, 6) is 0.810. The molecule has 0 bridgehead atoms. The first kappa shape index (κ1) is 9.86. The van der Waals surface area contributed by atoms with Crippen molar-refractivity contribution in [3.63, 3.8) is 0 Å². The van der Waals surface area contributed by atoms with Crippen molar-refractivity contribution < 1.29 is 0 Å². The van der Waals surface area contributed by atoms with Crippen LogP contribution in [0.5, 0.6) is 0 Å². The molecular weight excluding hydrogens is 196 g/mol. The molecule has 0 saturated carbocycles. The number of aromatic nitrogens is 2. The maximum Gasteiger partial charge on any atom is 0.207 e. The van der Waals surface area contributed by atoms with Gasteiger partial charge in [0, 0.05) is 13.6 Å². The normalized spacial score (nSPS) is 18.4.